The number of hydrogen-bond acceptors (Lipinski definition) is 2. The van der Waals surface area contributed by atoms with Crippen LogP contribution < -0.4 is 0 Å². The largest absolute Gasteiger partial charge is 0.376 e. The number of benzene rings is 1. The summed E-state index contributed by atoms with van der Waals surface area (Å²) in [7, 11) is 4.23. The fraction of sp³-hybridized carbons (Fsp3) is 0.538. The average molecular weight is 284 g/mol. The fourth-order valence-corrected chi connectivity index (χ4v) is 2.65. The highest BCUT2D eigenvalue weighted by atomic mass is 79.9. The van der Waals surface area contributed by atoms with Crippen molar-refractivity contribution in [1.29, 1.82) is 0 Å². The zero-order valence-electron chi connectivity index (χ0n) is 10.1. The van der Waals surface area contributed by atoms with Crippen molar-refractivity contribution >= 4 is 15.9 Å². The van der Waals surface area contributed by atoms with Crippen LogP contribution in [0.5, 0.6) is 0 Å². The molecule has 1 atom stereocenters. The molecule has 1 unspecified atom stereocenters. The van der Waals surface area contributed by atoms with Gasteiger partial charge in [0.25, 0.3) is 0 Å². The highest BCUT2D eigenvalue weighted by molar-refractivity contribution is 9.10. The molecule has 1 aliphatic rings. The summed E-state index contributed by atoms with van der Waals surface area (Å²) >= 11 is 3.60. The van der Waals surface area contributed by atoms with Crippen LogP contribution in [0.4, 0.5) is 0 Å². The van der Waals surface area contributed by atoms with Crippen molar-refractivity contribution in [2.45, 2.75) is 26.0 Å². The SMILES string of the molecule is CC(c1cc(Br)cc2c1COCC2)N(C)C. The lowest BCUT2D eigenvalue weighted by Crippen LogP contribution is -2.21. The third-order valence-corrected chi connectivity index (χ3v) is 3.79. The van der Waals surface area contributed by atoms with E-state index in [1.54, 1.807) is 0 Å². The minimum absolute atomic E-state index is 0.424. The van der Waals surface area contributed by atoms with Gasteiger partial charge in [-0.3, -0.25) is 0 Å². The molecule has 0 radical (unpaired) electrons. The highest BCUT2D eigenvalue weighted by Crippen LogP contribution is 2.31. The van der Waals surface area contributed by atoms with Crippen LogP contribution in [-0.2, 0) is 17.8 Å². The first-order valence-corrected chi connectivity index (χ1v) is 6.44. The zero-order valence-corrected chi connectivity index (χ0v) is 11.7. The van der Waals surface area contributed by atoms with Gasteiger partial charge in [0, 0.05) is 10.5 Å². The standard InChI is InChI=1S/C13H18BrNO/c1-9(15(2)3)12-7-11(14)6-10-4-5-16-8-13(10)12/h6-7,9H,4-5,8H2,1-3H3. The molecular weight excluding hydrogens is 266 g/mol. The van der Waals surface area contributed by atoms with Gasteiger partial charge in [-0.1, -0.05) is 15.9 Å². The minimum atomic E-state index is 0.424. The van der Waals surface area contributed by atoms with Gasteiger partial charge in [0.1, 0.15) is 0 Å². The maximum atomic E-state index is 5.57. The van der Waals surface area contributed by atoms with E-state index < -0.39 is 0 Å². The van der Waals surface area contributed by atoms with E-state index in [9.17, 15) is 0 Å². The van der Waals surface area contributed by atoms with Crippen molar-refractivity contribution in [2.24, 2.45) is 0 Å². The summed E-state index contributed by atoms with van der Waals surface area (Å²) in [6.45, 7) is 3.84. The number of ether oxygens (including phenoxy) is 1. The topological polar surface area (TPSA) is 12.5 Å². The van der Waals surface area contributed by atoms with Gasteiger partial charge >= 0.3 is 0 Å². The Hall–Kier alpha value is -0.380. The molecule has 0 saturated heterocycles. The van der Waals surface area contributed by atoms with E-state index in [1.807, 2.05) is 0 Å². The summed E-state index contributed by atoms with van der Waals surface area (Å²) in [6.07, 6.45) is 1.03. The minimum Gasteiger partial charge on any atom is -0.376 e. The molecule has 1 aromatic rings. The quantitative estimate of drug-likeness (QED) is 0.827. The van der Waals surface area contributed by atoms with Crippen LogP contribution in [0.1, 0.15) is 29.7 Å². The van der Waals surface area contributed by atoms with Gasteiger partial charge in [0.15, 0.2) is 0 Å². The normalized spacial score (nSPS) is 17.3. The van der Waals surface area contributed by atoms with Crippen molar-refractivity contribution in [3.63, 3.8) is 0 Å². The van der Waals surface area contributed by atoms with Gasteiger partial charge in [-0.2, -0.15) is 0 Å². The molecule has 2 rings (SSSR count). The van der Waals surface area contributed by atoms with E-state index in [1.165, 1.54) is 21.2 Å². The van der Waals surface area contributed by atoms with Crippen LogP contribution in [0.3, 0.4) is 0 Å². The third-order valence-electron chi connectivity index (χ3n) is 3.33. The average Bonchev–Trinajstić information content (AvgIpc) is 2.26. The predicted octanol–water partition coefficient (Wildman–Crippen LogP) is 3.14. The van der Waals surface area contributed by atoms with E-state index in [0.29, 0.717) is 6.04 Å². The van der Waals surface area contributed by atoms with Crippen molar-refractivity contribution in [1.82, 2.24) is 4.90 Å². The summed E-state index contributed by atoms with van der Waals surface area (Å²) in [5, 5.41) is 0. The van der Waals surface area contributed by atoms with Gasteiger partial charge in [-0.25, -0.2) is 0 Å². The molecule has 1 aromatic carbocycles. The molecule has 0 amide bonds. The summed E-state index contributed by atoms with van der Waals surface area (Å²) in [4.78, 5) is 2.23. The second-order valence-electron chi connectivity index (χ2n) is 4.57. The monoisotopic (exact) mass is 283 g/mol. The molecular formula is C13H18BrNO. The Morgan fingerprint density at radius 3 is 2.81 bits per heavy atom. The molecule has 0 N–H and O–H groups in total. The van der Waals surface area contributed by atoms with Crippen LogP contribution in [0, 0.1) is 0 Å². The van der Waals surface area contributed by atoms with Gasteiger partial charge in [-0.05, 0) is 56.3 Å². The molecule has 0 fully saturated rings. The van der Waals surface area contributed by atoms with E-state index >= 15 is 0 Å². The van der Waals surface area contributed by atoms with Gasteiger partial charge in [0.05, 0.1) is 13.2 Å². The van der Waals surface area contributed by atoms with Crippen LogP contribution in [0.15, 0.2) is 16.6 Å². The Kier molecular flexibility index (Phi) is 3.67. The van der Waals surface area contributed by atoms with E-state index in [2.05, 4.69) is 54.0 Å². The summed E-state index contributed by atoms with van der Waals surface area (Å²) < 4.78 is 6.75. The maximum Gasteiger partial charge on any atom is 0.0722 e. The number of rotatable bonds is 2. The Bertz CT molecular complexity index is 390. The fourth-order valence-electron chi connectivity index (χ4n) is 2.12. The van der Waals surface area contributed by atoms with Crippen molar-refractivity contribution < 1.29 is 4.74 Å². The second-order valence-corrected chi connectivity index (χ2v) is 5.49. The summed E-state index contributed by atoms with van der Waals surface area (Å²) in [5.41, 5.74) is 4.20. The van der Waals surface area contributed by atoms with Crippen molar-refractivity contribution in [3.05, 3.63) is 33.3 Å². The van der Waals surface area contributed by atoms with E-state index in [-0.39, 0.29) is 0 Å². The van der Waals surface area contributed by atoms with Gasteiger partial charge < -0.3 is 9.64 Å². The molecule has 0 spiro atoms. The Labute approximate surface area is 106 Å². The predicted molar refractivity (Wildman–Crippen MR) is 69.6 cm³/mol. The van der Waals surface area contributed by atoms with Gasteiger partial charge in [-0.15, -0.1) is 0 Å². The number of hydrogen-bond donors (Lipinski definition) is 0. The third kappa shape index (κ3) is 2.31. The summed E-state index contributed by atoms with van der Waals surface area (Å²) in [5.74, 6) is 0. The molecule has 16 heavy (non-hydrogen) atoms. The van der Waals surface area contributed by atoms with Crippen LogP contribution >= 0.6 is 15.9 Å². The molecule has 88 valence electrons. The molecule has 2 nitrogen and oxygen atoms in total. The van der Waals surface area contributed by atoms with Crippen LogP contribution in [0.25, 0.3) is 0 Å². The molecule has 0 bridgehead atoms. The zero-order chi connectivity index (χ0) is 11.7. The van der Waals surface area contributed by atoms with E-state index in [0.717, 1.165) is 19.6 Å². The lowest BCUT2D eigenvalue weighted by molar-refractivity contribution is 0.109. The first-order chi connectivity index (χ1) is 7.59. The lowest BCUT2D eigenvalue weighted by Gasteiger charge is -2.27. The number of halogens is 1. The Balaban J connectivity index is 2.47. The molecule has 0 aliphatic carbocycles. The molecule has 0 saturated carbocycles. The van der Waals surface area contributed by atoms with Crippen molar-refractivity contribution in [2.75, 3.05) is 20.7 Å². The molecule has 1 aliphatic heterocycles. The van der Waals surface area contributed by atoms with Crippen LogP contribution in [-0.4, -0.2) is 25.6 Å². The van der Waals surface area contributed by atoms with Crippen molar-refractivity contribution in [3.8, 4) is 0 Å². The Morgan fingerprint density at radius 1 is 1.38 bits per heavy atom. The highest BCUT2D eigenvalue weighted by Gasteiger charge is 2.19. The number of fused-ring (bicyclic) bond motifs is 1. The molecule has 3 heteroatoms. The maximum absolute atomic E-state index is 5.57. The second kappa shape index (κ2) is 4.86. The van der Waals surface area contributed by atoms with E-state index in [4.69, 9.17) is 4.74 Å². The first kappa shape index (κ1) is 12.1. The lowest BCUT2D eigenvalue weighted by atomic mass is 9.94. The molecule has 0 aromatic heterocycles. The molecule has 1 heterocycles. The van der Waals surface area contributed by atoms with Crippen LogP contribution in [0.2, 0.25) is 0 Å². The smallest absolute Gasteiger partial charge is 0.0722 e. The number of nitrogens with zero attached hydrogens (tertiary/aromatic N) is 1. The first-order valence-electron chi connectivity index (χ1n) is 5.65. The summed E-state index contributed by atoms with van der Waals surface area (Å²) in [6, 6.07) is 4.87. The van der Waals surface area contributed by atoms with Gasteiger partial charge in [0.2, 0.25) is 0 Å². The Morgan fingerprint density at radius 2 is 2.12 bits per heavy atom.